The fourth-order valence-corrected chi connectivity index (χ4v) is 4.62. The first-order chi connectivity index (χ1) is 13.0. The zero-order valence-corrected chi connectivity index (χ0v) is 17.0. The normalized spacial score (nSPS) is 24.1. The van der Waals surface area contributed by atoms with Gasteiger partial charge in [0.2, 0.25) is 0 Å². The van der Waals surface area contributed by atoms with Crippen LogP contribution in [0.4, 0.5) is 4.79 Å². The summed E-state index contributed by atoms with van der Waals surface area (Å²) in [6, 6.07) is -0.393. The quantitative estimate of drug-likeness (QED) is 0.396. The molecule has 3 heterocycles. The number of nitrogens with zero attached hydrogens (tertiary/aromatic N) is 3. The van der Waals surface area contributed by atoms with E-state index in [1.807, 2.05) is 13.1 Å². The highest BCUT2D eigenvalue weighted by Gasteiger charge is 2.48. The van der Waals surface area contributed by atoms with Gasteiger partial charge in [-0.1, -0.05) is 6.92 Å². The van der Waals surface area contributed by atoms with Gasteiger partial charge in [-0.05, 0) is 32.1 Å². The van der Waals surface area contributed by atoms with Crippen molar-refractivity contribution >= 4 is 29.2 Å². The Bertz CT molecular complexity index is 725. The van der Waals surface area contributed by atoms with E-state index in [1.165, 1.54) is 4.88 Å². The van der Waals surface area contributed by atoms with Crippen LogP contribution in [-0.4, -0.2) is 60.0 Å². The number of rotatable bonds is 5. The van der Waals surface area contributed by atoms with E-state index in [1.54, 1.807) is 18.4 Å². The number of carbonyl (C=O) groups is 2. The van der Waals surface area contributed by atoms with E-state index in [0.717, 1.165) is 56.3 Å². The number of thiazole rings is 1. The van der Waals surface area contributed by atoms with Crippen LogP contribution in [0.25, 0.3) is 0 Å². The van der Waals surface area contributed by atoms with Crippen LogP contribution < -0.4 is 16.0 Å². The predicted molar refractivity (Wildman–Crippen MR) is 106 cm³/mol. The molecule has 2 fully saturated rings. The molecule has 3 rings (SSSR count). The average Bonchev–Trinajstić information content (AvgIpc) is 3.23. The third-order valence-electron chi connectivity index (χ3n) is 5.47. The lowest BCUT2D eigenvalue weighted by molar-refractivity contribution is -0.125. The molecular weight excluding hydrogens is 364 g/mol. The van der Waals surface area contributed by atoms with Crippen molar-refractivity contribution in [2.75, 3.05) is 26.7 Å². The first kappa shape index (κ1) is 19.6. The number of amides is 3. The number of guanidine groups is 1. The van der Waals surface area contributed by atoms with Gasteiger partial charge in [-0.2, -0.15) is 0 Å². The molecule has 0 aromatic carbocycles. The molecule has 1 aromatic heterocycles. The van der Waals surface area contributed by atoms with Gasteiger partial charge in [0, 0.05) is 44.2 Å². The van der Waals surface area contributed by atoms with Crippen LogP contribution in [0.15, 0.2) is 11.2 Å². The molecule has 0 spiro atoms. The fraction of sp³-hybridized carbons (Fsp3) is 0.667. The Hall–Kier alpha value is -2.16. The Kier molecular flexibility index (Phi) is 5.98. The summed E-state index contributed by atoms with van der Waals surface area (Å²) in [7, 11) is 1.79. The van der Waals surface area contributed by atoms with E-state index >= 15 is 0 Å². The molecule has 3 amide bonds. The predicted octanol–water partition coefficient (Wildman–Crippen LogP) is 1.13. The molecule has 0 aliphatic carbocycles. The SMILES string of the molecule is CCc1cnc(CCNC(=NC)N2CCC(C3(C)NC(=O)NC3=O)CC2)s1. The summed E-state index contributed by atoms with van der Waals surface area (Å²) in [5, 5.41) is 9.71. The summed E-state index contributed by atoms with van der Waals surface area (Å²) in [6.45, 7) is 6.36. The first-order valence-electron chi connectivity index (χ1n) is 9.49. The number of aliphatic imine (C=N–C) groups is 1. The highest BCUT2D eigenvalue weighted by atomic mass is 32.1. The van der Waals surface area contributed by atoms with Crippen molar-refractivity contribution < 1.29 is 9.59 Å². The van der Waals surface area contributed by atoms with Crippen LogP contribution >= 0.6 is 11.3 Å². The molecule has 2 saturated heterocycles. The van der Waals surface area contributed by atoms with Gasteiger partial charge < -0.3 is 15.5 Å². The second-order valence-corrected chi connectivity index (χ2v) is 8.37. The molecular formula is C18H28N6O2S. The lowest BCUT2D eigenvalue weighted by atomic mass is 9.79. The van der Waals surface area contributed by atoms with E-state index in [9.17, 15) is 9.59 Å². The number of piperidine rings is 1. The average molecular weight is 393 g/mol. The second-order valence-electron chi connectivity index (χ2n) is 7.17. The topological polar surface area (TPSA) is 98.7 Å². The van der Waals surface area contributed by atoms with Crippen molar-refractivity contribution in [1.82, 2.24) is 25.8 Å². The molecule has 1 atom stereocenters. The van der Waals surface area contributed by atoms with Crippen LogP contribution in [0.3, 0.4) is 0 Å². The van der Waals surface area contributed by atoms with Gasteiger partial charge in [0.25, 0.3) is 5.91 Å². The number of nitrogens with one attached hydrogen (secondary N) is 3. The molecule has 2 aliphatic rings. The van der Waals surface area contributed by atoms with Crippen molar-refractivity contribution in [2.45, 2.75) is 45.1 Å². The molecule has 27 heavy (non-hydrogen) atoms. The molecule has 148 valence electrons. The third kappa shape index (κ3) is 4.23. The molecule has 0 bridgehead atoms. The van der Waals surface area contributed by atoms with Gasteiger partial charge in [-0.15, -0.1) is 11.3 Å². The molecule has 0 saturated carbocycles. The minimum Gasteiger partial charge on any atom is -0.356 e. The number of carbonyl (C=O) groups excluding carboxylic acids is 2. The number of hydrogen-bond donors (Lipinski definition) is 3. The number of urea groups is 1. The maximum atomic E-state index is 12.1. The van der Waals surface area contributed by atoms with Crippen LogP contribution in [0, 0.1) is 5.92 Å². The summed E-state index contributed by atoms with van der Waals surface area (Å²) >= 11 is 1.77. The lowest BCUT2D eigenvalue weighted by Gasteiger charge is -2.39. The van der Waals surface area contributed by atoms with Gasteiger partial charge in [-0.25, -0.2) is 9.78 Å². The molecule has 1 aromatic rings. The maximum Gasteiger partial charge on any atom is 0.322 e. The Morgan fingerprint density at radius 3 is 2.74 bits per heavy atom. The Morgan fingerprint density at radius 1 is 1.44 bits per heavy atom. The lowest BCUT2D eigenvalue weighted by Crippen LogP contribution is -2.55. The maximum absolute atomic E-state index is 12.1. The van der Waals surface area contributed by atoms with Crippen molar-refractivity contribution in [2.24, 2.45) is 10.9 Å². The van der Waals surface area contributed by atoms with Gasteiger partial charge in [0.05, 0.1) is 5.01 Å². The van der Waals surface area contributed by atoms with Gasteiger partial charge in [-0.3, -0.25) is 15.1 Å². The zero-order chi connectivity index (χ0) is 19.4. The zero-order valence-electron chi connectivity index (χ0n) is 16.2. The van der Waals surface area contributed by atoms with E-state index in [0.29, 0.717) is 0 Å². The summed E-state index contributed by atoms with van der Waals surface area (Å²) in [4.78, 5) is 36.0. The minimum absolute atomic E-state index is 0.126. The fourth-order valence-electron chi connectivity index (χ4n) is 3.75. The summed E-state index contributed by atoms with van der Waals surface area (Å²) in [5.74, 6) is 0.787. The van der Waals surface area contributed by atoms with Crippen LogP contribution in [0.5, 0.6) is 0 Å². The van der Waals surface area contributed by atoms with Crippen LogP contribution in [0.1, 0.15) is 36.6 Å². The molecule has 8 nitrogen and oxygen atoms in total. The Balaban J connectivity index is 1.48. The van der Waals surface area contributed by atoms with E-state index in [2.05, 4.69) is 37.8 Å². The summed E-state index contributed by atoms with van der Waals surface area (Å²) < 4.78 is 0. The number of aromatic nitrogens is 1. The van der Waals surface area contributed by atoms with Crippen molar-refractivity contribution in [3.05, 3.63) is 16.1 Å². The number of hydrogen-bond acceptors (Lipinski definition) is 5. The van der Waals surface area contributed by atoms with Gasteiger partial charge >= 0.3 is 6.03 Å². The number of likely N-dealkylation sites (tertiary alicyclic amines) is 1. The molecule has 3 N–H and O–H groups in total. The Morgan fingerprint density at radius 2 is 2.19 bits per heavy atom. The van der Waals surface area contributed by atoms with E-state index < -0.39 is 11.6 Å². The summed E-state index contributed by atoms with van der Waals surface area (Å²) in [6.07, 6.45) is 5.52. The monoisotopic (exact) mass is 392 g/mol. The van der Waals surface area contributed by atoms with Crippen molar-refractivity contribution in [3.8, 4) is 0 Å². The van der Waals surface area contributed by atoms with Crippen LogP contribution in [-0.2, 0) is 17.6 Å². The van der Waals surface area contributed by atoms with E-state index in [4.69, 9.17) is 0 Å². The standard InChI is InChI=1S/C18H28N6O2S/c1-4-13-11-21-14(27-13)5-8-20-16(19-3)24-9-6-12(7-10-24)18(2)15(25)22-17(26)23-18/h11-12H,4-10H2,1-3H3,(H,19,20)(H2,22,23,25,26). The Labute approximate surface area is 163 Å². The van der Waals surface area contributed by atoms with Crippen molar-refractivity contribution in [3.63, 3.8) is 0 Å². The van der Waals surface area contributed by atoms with Gasteiger partial charge in [0.15, 0.2) is 5.96 Å². The second kappa shape index (κ2) is 8.24. The summed E-state index contributed by atoms with van der Waals surface area (Å²) in [5.41, 5.74) is -0.804. The minimum atomic E-state index is -0.804. The van der Waals surface area contributed by atoms with Crippen LogP contribution in [0.2, 0.25) is 0 Å². The molecule has 9 heteroatoms. The smallest absolute Gasteiger partial charge is 0.322 e. The molecule has 0 radical (unpaired) electrons. The van der Waals surface area contributed by atoms with Crippen molar-refractivity contribution in [1.29, 1.82) is 0 Å². The highest BCUT2D eigenvalue weighted by molar-refractivity contribution is 7.11. The first-order valence-corrected chi connectivity index (χ1v) is 10.3. The molecule has 1 unspecified atom stereocenters. The highest BCUT2D eigenvalue weighted by Crippen LogP contribution is 2.30. The van der Waals surface area contributed by atoms with Gasteiger partial charge in [0.1, 0.15) is 5.54 Å². The largest absolute Gasteiger partial charge is 0.356 e. The number of aryl methyl sites for hydroxylation is 1. The number of imide groups is 1. The van der Waals surface area contributed by atoms with E-state index in [-0.39, 0.29) is 11.8 Å². The molecule has 2 aliphatic heterocycles. The third-order valence-corrected chi connectivity index (χ3v) is 6.67.